The standard InChI is InChI=1S/C9H15N3O2S/c1-7(15(3)13)4-10-9-11-5-8(14-2)6-12-9/h5-7H,4H2,1-3H3,(H,10,11,12). The van der Waals surface area contributed by atoms with Crippen molar-refractivity contribution in [2.45, 2.75) is 12.2 Å². The molecule has 0 spiro atoms. The third kappa shape index (κ3) is 3.83. The van der Waals surface area contributed by atoms with Gasteiger partial charge in [-0.05, 0) is 6.92 Å². The van der Waals surface area contributed by atoms with Crippen LogP contribution >= 0.6 is 0 Å². The van der Waals surface area contributed by atoms with E-state index in [1.165, 1.54) is 0 Å². The summed E-state index contributed by atoms with van der Waals surface area (Å²) in [4.78, 5) is 8.07. The predicted octanol–water partition coefficient (Wildman–Crippen LogP) is 0.664. The van der Waals surface area contributed by atoms with Crippen LogP contribution in [0.15, 0.2) is 12.4 Å². The summed E-state index contributed by atoms with van der Waals surface area (Å²) in [5.41, 5.74) is 0. The van der Waals surface area contributed by atoms with Gasteiger partial charge >= 0.3 is 0 Å². The Labute approximate surface area is 91.7 Å². The summed E-state index contributed by atoms with van der Waals surface area (Å²) in [6, 6.07) is 0. The number of methoxy groups -OCH3 is 1. The molecule has 5 nitrogen and oxygen atoms in total. The van der Waals surface area contributed by atoms with Crippen molar-refractivity contribution in [1.29, 1.82) is 0 Å². The first-order valence-electron chi connectivity index (χ1n) is 4.55. The Morgan fingerprint density at radius 2 is 2.13 bits per heavy atom. The van der Waals surface area contributed by atoms with E-state index >= 15 is 0 Å². The van der Waals surface area contributed by atoms with Crippen molar-refractivity contribution in [1.82, 2.24) is 9.97 Å². The second-order valence-corrected chi connectivity index (χ2v) is 4.94. The van der Waals surface area contributed by atoms with Crippen LogP contribution < -0.4 is 10.1 Å². The molecule has 0 saturated heterocycles. The Morgan fingerprint density at radius 1 is 1.53 bits per heavy atom. The Morgan fingerprint density at radius 3 is 2.60 bits per heavy atom. The lowest BCUT2D eigenvalue weighted by Gasteiger charge is -2.09. The minimum absolute atomic E-state index is 0.0794. The van der Waals surface area contributed by atoms with Gasteiger partial charge in [0.15, 0.2) is 5.75 Å². The third-order valence-corrected chi connectivity index (χ3v) is 3.28. The molecular formula is C9H15N3O2S. The van der Waals surface area contributed by atoms with Crippen molar-refractivity contribution in [3.8, 4) is 5.75 Å². The van der Waals surface area contributed by atoms with E-state index in [9.17, 15) is 4.21 Å². The number of anilines is 1. The predicted molar refractivity (Wildman–Crippen MR) is 60.6 cm³/mol. The number of nitrogens with zero attached hydrogens (tertiary/aromatic N) is 2. The lowest BCUT2D eigenvalue weighted by Crippen LogP contribution is -2.21. The van der Waals surface area contributed by atoms with Crippen molar-refractivity contribution < 1.29 is 8.95 Å². The van der Waals surface area contributed by atoms with E-state index < -0.39 is 10.8 Å². The van der Waals surface area contributed by atoms with Gasteiger partial charge in [0.25, 0.3) is 0 Å². The van der Waals surface area contributed by atoms with Crippen LogP contribution in [-0.4, -0.2) is 39.3 Å². The zero-order chi connectivity index (χ0) is 11.3. The van der Waals surface area contributed by atoms with E-state index in [0.29, 0.717) is 18.2 Å². The molecule has 2 atom stereocenters. The van der Waals surface area contributed by atoms with E-state index in [4.69, 9.17) is 4.74 Å². The van der Waals surface area contributed by atoms with Crippen LogP contribution in [0.1, 0.15) is 6.92 Å². The SMILES string of the molecule is COc1cnc(NCC(C)S(C)=O)nc1. The summed E-state index contributed by atoms with van der Waals surface area (Å²) < 4.78 is 16.0. The highest BCUT2D eigenvalue weighted by molar-refractivity contribution is 7.84. The lowest BCUT2D eigenvalue weighted by atomic mass is 10.5. The minimum Gasteiger partial charge on any atom is -0.494 e. The largest absolute Gasteiger partial charge is 0.494 e. The summed E-state index contributed by atoms with van der Waals surface area (Å²) in [7, 11) is 0.731. The molecule has 0 amide bonds. The number of hydrogen-bond donors (Lipinski definition) is 1. The Bertz CT molecular complexity index is 329. The molecule has 0 aliphatic carbocycles. The molecule has 6 heteroatoms. The first-order valence-corrected chi connectivity index (χ1v) is 6.17. The van der Waals surface area contributed by atoms with Crippen LogP contribution in [0.3, 0.4) is 0 Å². The second kappa shape index (κ2) is 5.65. The van der Waals surface area contributed by atoms with E-state index in [1.807, 2.05) is 6.92 Å². The normalized spacial score (nSPS) is 14.3. The van der Waals surface area contributed by atoms with Crippen LogP contribution in [0.5, 0.6) is 5.75 Å². The molecular weight excluding hydrogens is 214 g/mol. The van der Waals surface area contributed by atoms with Crippen molar-refractivity contribution in [2.24, 2.45) is 0 Å². The average Bonchev–Trinajstić information content (AvgIpc) is 2.26. The molecule has 0 radical (unpaired) electrons. The monoisotopic (exact) mass is 229 g/mol. The molecule has 1 aromatic heterocycles. The van der Waals surface area contributed by atoms with Crippen LogP contribution in [-0.2, 0) is 10.8 Å². The molecule has 1 rings (SSSR count). The first-order chi connectivity index (χ1) is 7.13. The molecule has 0 aliphatic rings. The Hall–Kier alpha value is -1.17. The third-order valence-electron chi connectivity index (χ3n) is 1.98. The number of ether oxygens (including phenoxy) is 1. The summed E-state index contributed by atoms with van der Waals surface area (Å²) >= 11 is 0. The lowest BCUT2D eigenvalue weighted by molar-refractivity contribution is 0.411. The molecule has 1 heterocycles. The zero-order valence-electron chi connectivity index (χ0n) is 9.06. The van der Waals surface area contributed by atoms with Crippen LogP contribution in [0.25, 0.3) is 0 Å². The van der Waals surface area contributed by atoms with E-state index in [0.717, 1.165) is 0 Å². The summed E-state index contributed by atoms with van der Waals surface area (Å²) in [5.74, 6) is 1.14. The second-order valence-electron chi connectivity index (χ2n) is 3.14. The van der Waals surface area contributed by atoms with Crippen molar-refractivity contribution >= 4 is 16.7 Å². The molecule has 84 valence electrons. The Balaban J connectivity index is 2.47. The number of nitrogens with one attached hydrogen (secondary N) is 1. The van der Waals surface area contributed by atoms with E-state index in [-0.39, 0.29) is 5.25 Å². The molecule has 1 aromatic rings. The fourth-order valence-electron chi connectivity index (χ4n) is 0.865. The zero-order valence-corrected chi connectivity index (χ0v) is 9.87. The molecule has 2 unspecified atom stereocenters. The maximum atomic E-state index is 11.1. The highest BCUT2D eigenvalue weighted by Gasteiger charge is 2.06. The van der Waals surface area contributed by atoms with Gasteiger partial charge in [-0.3, -0.25) is 4.21 Å². The minimum atomic E-state index is -0.833. The number of aromatic nitrogens is 2. The van der Waals surface area contributed by atoms with Crippen molar-refractivity contribution in [3.63, 3.8) is 0 Å². The van der Waals surface area contributed by atoms with E-state index in [1.54, 1.807) is 25.8 Å². The quantitative estimate of drug-likeness (QED) is 0.803. The highest BCUT2D eigenvalue weighted by Crippen LogP contribution is 2.07. The van der Waals surface area contributed by atoms with Gasteiger partial charge in [-0.25, -0.2) is 9.97 Å². The van der Waals surface area contributed by atoms with Gasteiger partial charge in [-0.15, -0.1) is 0 Å². The highest BCUT2D eigenvalue weighted by atomic mass is 32.2. The molecule has 0 saturated carbocycles. The number of rotatable bonds is 5. The fraction of sp³-hybridized carbons (Fsp3) is 0.556. The van der Waals surface area contributed by atoms with Gasteiger partial charge in [0.05, 0.1) is 19.5 Å². The van der Waals surface area contributed by atoms with Gasteiger partial charge in [0, 0.05) is 28.9 Å². The molecule has 1 N–H and O–H groups in total. The van der Waals surface area contributed by atoms with Crippen LogP contribution in [0, 0.1) is 0 Å². The van der Waals surface area contributed by atoms with Gasteiger partial charge in [0.1, 0.15) is 0 Å². The van der Waals surface area contributed by atoms with E-state index in [2.05, 4.69) is 15.3 Å². The van der Waals surface area contributed by atoms with Gasteiger partial charge in [0.2, 0.25) is 5.95 Å². The van der Waals surface area contributed by atoms with Crippen molar-refractivity contribution in [2.75, 3.05) is 25.2 Å². The van der Waals surface area contributed by atoms with Crippen LogP contribution in [0.2, 0.25) is 0 Å². The number of hydrogen-bond acceptors (Lipinski definition) is 5. The maximum absolute atomic E-state index is 11.1. The van der Waals surface area contributed by atoms with Crippen molar-refractivity contribution in [3.05, 3.63) is 12.4 Å². The molecule has 0 aromatic carbocycles. The summed E-state index contributed by atoms with van der Waals surface area (Å²) in [5, 5.41) is 3.09. The molecule has 15 heavy (non-hydrogen) atoms. The smallest absolute Gasteiger partial charge is 0.222 e. The summed E-state index contributed by atoms with van der Waals surface area (Å²) in [6.07, 6.45) is 4.85. The van der Waals surface area contributed by atoms with Gasteiger partial charge < -0.3 is 10.1 Å². The Kier molecular flexibility index (Phi) is 4.48. The molecule has 0 aliphatic heterocycles. The maximum Gasteiger partial charge on any atom is 0.222 e. The summed E-state index contributed by atoms with van der Waals surface area (Å²) in [6.45, 7) is 2.50. The molecule has 0 fully saturated rings. The average molecular weight is 229 g/mol. The van der Waals surface area contributed by atoms with Gasteiger partial charge in [-0.2, -0.15) is 0 Å². The van der Waals surface area contributed by atoms with Crippen LogP contribution in [0.4, 0.5) is 5.95 Å². The molecule has 0 bridgehead atoms. The first kappa shape index (κ1) is 11.9. The fourth-order valence-corrected chi connectivity index (χ4v) is 1.18. The van der Waals surface area contributed by atoms with Gasteiger partial charge in [-0.1, -0.05) is 0 Å². The topological polar surface area (TPSA) is 64.1 Å².